The Morgan fingerprint density at radius 1 is 0.893 bits per heavy atom. The van der Waals surface area contributed by atoms with Crippen LogP contribution in [0.15, 0.2) is 29.2 Å². The lowest BCUT2D eigenvalue weighted by Gasteiger charge is -2.40. The molecule has 2 bridgehead atoms. The summed E-state index contributed by atoms with van der Waals surface area (Å²) in [4.78, 5) is 24.5. The van der Waals surface area contributed by atoms with Crippen molar-refractivity contribution in [2.24, 2.45) is 0 Å². The van der Waals surface area contributed by atoms with E-state index in [9.17, 15) is 31.2 Å². The maximum Gasteiger partial charge on any atom is 0.417 e. The van der Waals surface area contributed by atoms with Crippen molar-refractivity contribution in [3.8, 4) is 0 Å². The normalized spacial score (nSPS) is 29.0. The highest BCUT2D eigenvalue weighted by Crippen LogP contribution is 2.44. The molecule has 3 saturated heterocycles. The summed E-state index contributed by atoms with van der Waals surface area (Å²) < 4.78 is 67.5. The monoisotopic (exact) mass is 416 g/mol. The number of carbonyl (C=O) groups excluding carboxylic acids is 2. The van der Waals surface area contributed by atoms with Crippen LogP contribution < -0.4 is 0 Å². The SMILES string of the molecule is O=C1CCC(=O)N1C1CC2CCC(C1)N2S(=O)(=O)c1ccccc1C(F)(F)F. The van der Waals surface area contributed by atoms with Gasteiger partial charge in [0.25, 0.3) is 0 Å². The van der Waals surface area contributed by atoms with Gasteiger partial charge in [-0.15, -0.1) is 0 Å². The molecule has 1 aromatic carbocycles. The average molecular weight is 416 g/mol. The maximum atomic E-state index is 13.3. The molecule has 2 amide bonds. The molecule has 2 unspecified atom stereocenters. The Kier molecular flexibility index (Phi) is 4.53. The zero-order valence-electron chi connectivity index (χ0n) is 14.9. The van der Waals surface area contributed by atoms with Crippen molar-refractivity contribution in [3.05, 3.63) is 29.8 Å². The van der Waals surface area contributed by atoms with Gasteiger partial charge in [-0.25, -0.2) is 8.42 Å². The van der Waals surface area contributed by atoms with E-state index in [0.29, 0.717) is 12.8 Å². The zero-order chi connectivity index (χ0) is 20.3. The third-order valence-corrected chi connectivity index (χ3v) is 7.91. The van der Waals surface area contributed by atoms with Crippen LogP contribution in [-0.2, 0) is 25.8 Å². The predicted octanol–water partition coefficient (Wildman–Crippen LogP) is 2.54. The van der Waals surface area contributed by atoms with Gasteiger partial charge in [-0.2, -0.15) is 17.5 Å². The van der Waals surface area contributed by atoms with Crippen LogP contribution >= 0.6 is 0 Å². The number of hydrogen-bond donors (Lipinski definition) is 0. The standard InChI is InChI=1S/C18H19F3N2O4S/c19-18(20,21)14-3-1-2-4-15(14)28(26,27)23-11-5-6-12(23)10-13(9-11)22-16(24)7-8-17(22)25/h1-4,11-13H,5-10H2. The Balaban J connectivity index is 1.65. The lowest BCUT2D eigenvalue weighted by molar-refractivity contribution is -0.143. The van der Waals surface area contributed by atoms with E-state index in [0.717, 1.165) is 18.2 Å². The highest BCUT2D eigenvalue weighted by atomic mass is 32.2. The molecule has 2 atom stereocenters. The number of rotatable bonds is 3. The fourth-order valence-electron chi connectivity index (χ4n) is 4.75. The van der Waals surface area contributed by atoms with Gasteiger partial charge in [-0.3, -0.25) is 14.5 Å². The molecule has 0 aliphatic carbocycles. The quantitative estimate of drug-likeness (QED) is 0.710. The van der Waals surface area contributed by atoms with Crippen LogP contribution in [0, 0.1) is 0 Å². The first-order valence-corrected chi connectivity index (χ1v) is 10.6. The number of benzene rings is 1. The minimum absolute atomic E-state index is 0.158. The summed E-state index contributed by atoms with van der Waals surface area (Å²) in [6.45, 7) is 0. The number of carbonyl (C=O) groups is 2. The van der Waals surface area contributed by atoms with E-state index < -0.39 is 38.7 Å². The first-order chi connectivity index (χ1) is 13.1. The summed E-state index contributed by atoms with van der Waals surface area (Å²) in [5, 5.41) is 0. The highest BCUT2D eigenvalue weighted by molar-refractivity contribution is 7.89. The largest absolute Gasteiger partial charge is 0.417 e. The van der Waals surface area contributed by atoms with E-state index >= 15 is 0 Å². The Morgan fingerprint density at radius 2 is 1.43 bits per heavy atom. The molecule has 3 fully saturated rings. The molecule has 3 heterocycles. The number of halogens is 3. The highest BCUT2D eigenvalue weighted by Gasteiger charge is 2.51. The van der Waals surface area contributed by atoms with E-state index in [4.69, 9.17) is 0 Å². The summed E-state index contributed by atoms with van der Waals surface area (Å²) in [6.07, 6.45) is -2.93. The number of piperidine rings is 1. The second-order valence-electron chi connectivity index (χ2n) is 7.50. The predicted molar refractivity (Wildman–Crippen MR) is 91.4 cm³/mol. The summed E-state index contributed by atoms with van der Waals surface area (Å²) in [7, 11) is -4.36. The number of likely N-dealkylation sites (tertiary alicyclic amines) is 1. The summed E-state index contributed by atoms with van der Waals surface area (Å²) in [6, 6.07) is 2.77. The van der Waals surface area contributed by atoms with Gasteiger partial charge in [-0.1, -0.05) is 12.1 Å². The van der Waals surface area contributed by atoms with Crippen LogP contribution in [0.4, 0.5) is 13.2 Å². The summed E-state index contributed by atoms with van der Waals surface area (Å²) in [5.41, 5.74) is -1.18. The molecular formula is C18H19F3N2O4S. The number of amides is 2. The van der Waals surface area contributed by atoms with Gasteiger partial charge in [0.2, 0.25) is 21.8 Å². The molecule has 152 valence electrons. The minimum Gasteiger partial charge on any atom is -0.279 e. The van der Waals surface area contributed by atoms with Crippen molar-refractivity contribution >= 4 is 21.8 Å². The molecule has 1 aromatic rings. The van der Waals surface area contributed by atoms with Gasteiger partial charge >= 0.3 is 6.18 Å². The van der Waals surface area contributed by atoms with Crippen molar-refractivity contribution in [1.29, 1.82) is 0 Å². The number of fused-ring (bicyclic) bond motifs is 2. The van der Waals surface area contributed by atoms with Gasteiger partial charge < -0.3 is 0 Å². The number of alkyl halides is 3. The first-order valence-electron chi connectivity index (χ1n) is 9.15. The molecule has 28 heavy (non-hydrogen) atoms. The molecule has 0 aromatic heterocycles. The lowest BCUT2D eigenvalue weighted by Crippen LogP contribution is -2.53. The van der Waals surface area contributed by atoms with E-state index in [1.54, 1.807) is 0 Å². The third-order valence-electron chi connectivity index (χ3n) is 5.84. The Hall–Kier alpha value is -1.94. The first kappa shape index (κ1) is 19.4. The smallest absolute Gasteiger partial charge is 0.279 e. The second kappa shape index (κ2) is 6.55. The van der Waals surface area contributed by atoms with Gasteiger partial charge in [0, 0.05) is 31.0 Å². The van der Waals surface area contributed by atoms with Crippen molar-refractivity contribution in [2.45, 2.75) is 67.7 Å². The molecule has 0 radical (unpaired) electrons. The van der Waals surface area contributed by atoms with E-state index in [-0.39, 0.29) is 43.5 Å². The van der Waals surface area contributed by atoms with Gasteiger partial charge in [0.15, 0.2) is 0 Å². The molecule has 3 aliphatic heterocycles. The molecule has 4 rings (SSSR count). The number of hydrogen-bond acceptors (Lipinski definition) is 4. The van der Waals surface area contributed by atoms with Gasteiger partial charge in [0.1, 0.15) is 0 Å². The van der Waals surface area contributed by atoms with Crippen molar-refractivity contribution < 1.29 is 31.2 Å². The molecule has 3 aliphatic rings. The average Bonchev–Trinajstić information content (AvgIpc) is 3.11. The maximum absolute atomic E-state index is 13.3. The zero-order valence-corrected chi connectivity index (χ0v) is 15.7. The Morgan fingerprint density at radius 3 is 1.96 bits per heavy atom. The fraction of sp³-hybridized carbons (Fsp3) is 0.556. The van der Waals surface area contributed by atoms with Crippen molar-refractivity contribution in [1.82, 2.24) is 9.21 Å². The molecular weight excluding hydrogens is 397 g/mol. The number of sulfonamides is 1. The molecule has 0 spiro atoms. The second-order valence-corrected chi connectivity index (χ2v) is 9.31. The third kappa shape index (κ3) is 3.02. The van der Waals surface area contributed by atoms with E-state index in [1.807, 2.05) is 0 Å². The van der Waals surface area contributed by atoms with Gasteiger partial charge in [-0.05, 0) is 37.8 Å². The summed E-state index contributed by atoms with van der Waals surface area (Å²) in [5.74, 6) is -0.513. The van der Waals surface area contributed by atoms with Crippen molar-refractivity contribution in [3.63, 3.8) is 0 Å². The minimum atomic E-state index is -4.78. The van der Waals surface area contributed by atoms with Crippen LogP contribution in [0.25, 0.3) is 0 Å². The molecule has 6 nitrogen and oxygen atoms in total. The van der Waals surface area contributed by atoms with Crippen LogP contribution in [0.5, 0.6) is 0 Å². The fourth-order valence-corrected chi connectivity index (χ4v) is 6.86. The number of nitrogens with zero attached hydrogens (tertiary/aromatic N) is 2. The van der Waals surface area contributed by atoms with Gasteiger partial charge in [0.05, 0.1) is 10.5 Å². The molecule has 10 heteroatoms. The summed E-state index contributed by atoms with van der Waals surface area (Å²) >= 11 is 0. The lowest BCUT2D eigenvalue weighted by atomic mass is 9.98. The molecule has 0 N–H and O–H groups in total. The van der Waals surface area contributed by atoms with Crippen LogP contribution in [0.2, 0.25) is 0 Å². The van der Waals surface area contributed by atoms with E-state index in [2.05, 4.69) is 0 Å². The van der Waals surface area contributed by atoms with E-state index in [1.165, 1.54) is 15.3 Å². The van der Waals surface area contributed by atoms with Crippen LogP contribution in [0.3, 0.4) is 0 Å². The molecule has 0 saturated carbocycles. The number of imide groups is 1. The topological polar surface area (TPSA) is 74.8 Å². The Labute approximate surface area is 160 Å². The van der Waals surface area contributed by atoms with Crippen molar-refractivity contribution in [2.75, 3.05) is 0 Å². The van der Waals surface area contributed by atoms with Crippen LogP contribution in [0.1, 0.15) is 44.1 Å². The van der Waals surface area contributed by atoms with Crippen LogP contribution in [-0.4, -0.2) is 47.6 Å². The Bertz CT molecular complexity index is 901.